The summed E-state index contributed by atoms with van der Waals surface area (Å²) in [5, 5.41) is 22.4. The highest BCUT2D eigenvalue weighted by Gasteiger charge is 2.08. The van der Waals surface area contributed by atoms with Crippen LogP contribution in [0.25, 0.3) is 0 Å². The molecule has 1 unspecified atom stereocenters. The molecular weight excluding hydrogens is 238 g/mol. The number of rotatable bonds is 3. The van der Waals surface area contributed by atoms with Gasteiger partial charge in [-0.3, -0.25) is 0 Å². The van der Waals surface area contributed by atoms with Crippen molar-refractivity contribution in [1.82, 2.24) is 0 Å². The van der Waals surface area contributed by atoms with Crippen molar-refractivity contribution in [1.29, 1.82) is 0 Å². The molecule has 0 amide bonds. The van der Waals surface area contributed by atoms with Crippen molar-refractivity contribution in [2.45, 2.75) is 26.8 Å². The van der Waals surface area contributed by atoms with Crippen molar-refractivity contribution in [2.24, 2.45) is 0 Å². The Kier molecular flexibility index (Phi) is 3.65. The van der Waals surface area contributed by atoms with Gasteiger partial charge in [0.1, 0.15) is 11.5 Å². The van der Waals surface area contributed by atoms with Crippen molar-refractivity contribution in [3.8, 4) is 11.5 Å². The standard InChI is InChI=1S/C16H19NO2/c1-10-4-11(2)6-14(5-10)17-12(3)13-7-15(18)9-16(19)8-13/h4-9,12,17-19H,1-3H3. The fourth-order valence-electron chi connectivity index (χ4n) is 2.26. The minimum absolute atomic E-state index is 0.000741. The number of hydrogen-bond acceptors (Lipinski definition) is 3. The van der Waals surface area contributed by atoms with Crippen LogP contribution in [-0.4, -0.2) is 10.2 Å². The van der Waals surface area contributed by atoms with Gasteiger partial charge in [0.05, 0.1) is 0 Å². The van der Waals surface area contributed by atoms with Gasteiger partial charge in [-0.25, -0.2) is 0 Å². The summed E-state index contributed by atoms with van der Waals surface area (Å²) in [6, 6.07) is 10.9. The second kappa shape index (κ2) is 5.22. The molecule has 0 saturated heterocycles. The smallest absolute Gasteiger partial charge is 0.119 e. The summed E-state index contributed by atoms with van der Waals surface area (Å²) >= 11 is 0. The summed E-state index contributed by atoms with van der Waals surface area (Å²) in [4.78, 5) is 0. The van der Waals surface area contributed by atoms with Gasteiger partial charge < -0.3 is 15.5 Å². The van der Waals surface area contributed by atoms with Gasteiger partial charge in [0.25, 0.3) is 0 Å². The van der Waals surface area contributed by atoms with E-state index in [0.29, 0.717) is 0 Å². The summed E-state index contributed by atoms with van der Waals surface area (Å²) in [5.74, 6) is 0.146. The molecule has 2 aromatic rings. The van der Waals surface area contributed by atoms with Gasteiger partial charge in [-0.15, -0.1) is 0 Å². The molecule has 0 aliphatic heterocycles. The number of benzene rings is 2. The molecule has 2 rings (SSSR count). The highest BCUT2D eigenvalue weighted by molar-refractivity contribution is 5.51. The zero-order valence-electron chi connectivity index (χ0n) is 11.4. The van der Waals surface area contributed by atoms with Crippen LogP contribution in [0.5, 0.6) is 11.5 Å². The van der Waals surface area contributed by atoms with Crippen molar-refractivity contribution in [3.05, 3.63) is 53.1 Å². The second-order valence-electron chi connectivity index (χ2n) is 5.03. The SMILES string of the molecule is Cc1cc(C)cc(NC(C)c2cc(O)cc(O)c2)c1. The van der Waals surface area contributed by atoms with E-state index in [9.17, 15) is 10.2 Å². The molecule has 19 heavy (non-hydrogen) atoms. The zero-order valence-corrected chi connectivity index (χ0v) is 11.4. The van der Waals surface area contributed by atoms with Crippen molar-refractivity contribution in [2.75, 3.05) is 5.32 Å². The fraction of sp³-hybridized carbons (Fsp3) is 0.250. The average Bonchev–Trinajstić information content (AvgIpc) is 2.25. The van der Waals surface area contributed by atoms with E-state index < -0.39 is 0 Å². The third-order valence-electron chi connectivity index (χ3n) is 3.03. The molecule has 0 saturated carbocycles. The summed E-state index contributed by atoms with van der Waals surface area (Å²) in [7, 11) is 0. The molecule has 0 heterocycles. The number of aryl methyl sites for hydroxylation is 2. The Morgan fingerprint density at radius 3 is 1.89 bits per heavy atom. The maximum absolute atomic E-state index is 9.51. The van der Waals surface area contributed by atoms with Gasteiger partial charge >= 0.3 is 0 Å². The lowest BCUT2D eigenvalue weighted by Gasteiger charge is -2.17. The number of anilines is 1. The first kappa shape index (κ1) is 13.3. The Morgan fingerprint density at radius 1 is 0.842 bits per heavy atom. The van der Waals surface area contributed by atoms with Gasteiger partial charge in [-0.05, 0) is 61.7 Å². The third kappa shape index (κ3) is 3.41. The van der Waals surface area contributed by atoms with Gasteiger partial charge in [0, 0.05) is 17.8 Å². The minimum atomic E-state index is -0.000741. The molecule has 0 aromatic heterocycles. The van der Waals surface area contributed by atoms with Crippen LogP contribution >= 0.6 is 0 Å². The van der Waals surface area contributed by atoms with Crippen LogP contribution in [0.4, 0.5) is 5.69 Å². The van der Waals surface area contributed by atoms with E-state index >= 15 is 0 Å². The molecule has 0 aliphatic carbocycles. The second-order valence-corrected chi connectivity index (χ2v) is 5.03. The fourth-order valence-corrected chi connectivity index (χ4v) is 2.26. The van der Waals surface area contributed by atoms with Crippen LogP contribution in [0.1, 0.15) is 29.7 Å². The first-order valence-corrected chi connectivity index (χ1v) is 6.32. The molecule has 1 atom stereocenters. The molecule has 2 aromatic carbocycles. The predicted molar refractivity (Wildman–Crippen MR) is 77.7 cm³/mol. The van der Waals surface area contributed by atoms with Crippen molar-refractivity contribution < 1.29 is 10.2 Å². The van der Waals surface area contributed by atoms with E-state index in [0.717, 1.165) is 11.3 Å². The van der Waals surface area contributed by atoms with Gasteiger partial charge in [-0.1, -0.05) is 6.07 Å². The zero-order chi connectivity index (χ0) is 14.0. The largest absolute Gasteiger partial charge is 0.508 e. The van der Waals surface area contributed by atoms with Crippen molar-refractivity contribution in [3.63, 3.8) is 0 Å². The Bertz CT molecular complexity index is 553. The van der Waals surface area contributed by atoms with Crippen LogP contribution < -0.4 is 5.32 Å². The lowest BCUT2D eigenvalue weighted by molar-refractivity contribution is 0.448. The minimum Gasteiger partial charge on any atom is -0.508 e. The lowest BCUT2D eigenvalue weighted by atomic mass is 10.1. The summed E-state index contributed by atoms with van der Waals surface area (Å²) in [6.07, 6.45) is 0. The van der Waals surface area contributed by atoms with Crippen LogP contribution in [0.3, 0.4) is 0 Å². The Hall–Kier alpha value is -2.16. The Morgan fingerprint density at radius 2 is 1.37 bits per heavy atom. The highest BCUT2D eigenvalue weighted by atomic mass is 16.3. The number of nitrogens with one attached hydrogen (secondary N) is 1. The monoisotopic (exact) mass is 257 g/mol. The molecule has 3 nitrogen and oxygen atoms in total. The van der Waals surface area contributed by atoms with Crippen molar-refractivity contribution >= 4 is 5.69 Å². The first-order valence-electron chi connectivity index (χ1n) is 6.32. The van der Waals surface area contributed by atoms with E-state index in [-0.39, 0.29) is 17.5 Å². The highest BCUT2D eigenvalue weighted by Crippen LogP contribution is 2.27. The molecule has 3 heteroatoms. The van der Waals surface area contributed by atoms with Crippen LogP contribution in [-0.2, 0) is 0 Å². The summed E-state index contributed by atoms with van der Waals surface area (Å²) in [6.45, 7) is 6.11. The normalized spacial score (nSPS) is 12.2. The molecule has 0 bridgehead atoms. The van der Waals surface area contributed by atoms with E-state index in [1.54, 1.807) is 12.1 Å². The van der Waals surface area contributed by atoms with E-state index in [2.05, 4.69) is 37.4 Å². The van der Waals surface area contributed by atoms with Crippen LogP contribution in [0.15, 0.2) is 36.4 Å². The molecule has 100 valence electrons. The molecule has 0 aliphatic rings. The van der Waals surface area contributed by atoms with Gasteiger partial charge in [0.2, 0.25) is 0 Å². The summed E-state index contributed by atoms with van der Waals surface area (Å²) in [5.41, 5.74) is 4.28. The lowest BCUT2D eigenvalue weighted by Crippen LogP contribution is -2.06. The number of phenols is 2. The summed E-state index contributed by atoms with van der Waals surface area (Å²) < 4.78 is 0. The number of aromatic hydroxyl groups is 2. The topological polar surface area (TPSA) is 52.5 Å². The third-order valence-corrected chi connectivity index (χ3v) is 3.03. The molecule has 0 fully saturated rings. The molecule has 0 radical (unpaired) electrons. The molecule has 0 spiro atoms. The van der Waals surface area contributed by atoms with E-state index in [4.69, 9.17) is 0 Å². The Labute approximate surface area is 113 Å². The number of hydrogen-bond donors (Lipinski definition) is 3. The quantitative estimate of drug-likeness (QED) is 0.782. The average molecular weight is 257 g/mol. The molecule has 3 N–H and O–H groups in total. The van der Waals surface area contributed by atoms with E-state index in [1.165, 1.54) is 17.2 Å². The Balaban J connectivity index is 2.22. The van der Waals surface area contributed by atoms with E-state index in [1.807, 2.05) is 6.92 Å². The van der Waals surface area contributed by atoms with Crippen LogP contribution in [0, 0.1) is 13.8 Å². The maximum atomic E-state index is 9.51. The maximum Gasteiger partial charge on any atom is 0.119 e. The molecular formula is C16H19NO2. The first-order chi connectivity index (χ1) is 8.94. The van der Waals surface area contributed by atoms with Gasteiger partial charge in [-0.2, -0.15) is 0 Å². The van der Waals surface area contributed by atoms with Gasteiger partial charge in [0.15, 0.2) is 0 Å². The van der Waals surface area contributed by atoms with Crippen LogP contribution in [0.2, 0.25) is 0 Å². The number of phenolic OH excluding ortho intramolecular Hbond substituents is 2. The predicted octanol–water partition coefficient (Wildman–Crippen LogP) is 3.89.